The lowest BCUT2D eigenvalue weighted by Crippen LogP contribution is -2.32. The lowest BCUT2D eigenvalue weighted by Gasteiger charge is -2.10. The first kappa shape index (κ1) is 15.2. The zero-order valence-electron chi connectivity index (χ0n) is 13.2. The van der Waals surface area contributed by atoms with Crippen LogP contribution in [0.25, 0.3) is 10.6 Å². The Morgan fingerprint density at radius 1 is 1.27 bits per heavy atom. The molecule has 3 nitrogen and oxygen atoms in total. The Hall–Kier alpha value is -1.68. The highest BCUT2D eigenvalue weighted by atomic mass is 32.1. The third-order valence-electron chi connectivity index (χ3n) is 4.30. The number of amides is 1. The van der Waals surface area contributed by atoms with Crippen LogP contribution >= 0.6 is 11.3 Å². The molecule has 22 heavy (non-hydrogen) atoms. The first-order valence-corrected chi connectivity index (χ1v) is 8.86. The van der Waals surface area contributed by atoms with E-state index < -0.39 is 0 Å². The summed E-state index contributed by atoms with van der Waals surface area (Å²) in [5, 5.41) is 4.08. The predicted octanol–water partition coefficient (Wildman–Crippen LogP) is 4.35. The molecule has 0 aliphatic heterocycles. The minimum atomic E-state index is 0.0401. The lowest BCUT2D eigenvalue weighted by molar-refractivity contribution is 0.0941. The van der Waals surface area contributed by atoms with Crippen molar-refractivity contribution in [1.29, 1.82) is 0 Å². The highest BCUT2D eigenvalue weighted by Gasteiger charge is 2.21. The summed E-state index contributed by atoms with van der Waals surface area (Å²) >= 11 is 1.49. The van der Waals surface area contributed by atoms with Crippen LogP contribution in [0.1, 0.15) is 53.5 Å². The van der Waals surface area contributed by atoms with Crippen LogP contribution in [0.5, 0.6) is 0 Å². The number of nitrogens with one attached hydrogen (secondary N) is 1. The average Bonchev–Trinajstić information content (AvgIpc) is 3.17. The fraction of sp³-hybridized carbons (Fsp3) is 0.444. The van der Waals surface area contributed by atoms with Crippen LogP contribution in [-0.2, 0) is 6.42 Å². The van der Waals surface area contributed by atoms with E-state index in [1.54, 1.807) is 0 Å². The van der Waals surface area contributed by atoms with Crippen molar-refractivity contribution in [2.75, 3.05) is 0 Å². The van der Waals surface area contributed by atoms with Gasteiger partial charge >= 0.3 is 0 Å². The van der Waals surface area contributed by atoms with Crippen molar-refractivity contribution in [3.05, 3.63) is 40.4 Å². The SMILES string of the molecule is CCc1ccc(-c2nc(C)c(C(=O)NC3CCCC3)s2)cc1. The molecule has 3 rings (SSSR count). The number of aryl methyl sites for hydroxylation is 2. The van der Waals surface area contributed by atoms with E-state index in [-0.39, 0.29) is 5.91 Å². The topological polar surface area (TPSA) is 42.0 Å². The smallest absolute Gasteiger partial charge is 0.263 e. The lowest BCUT2D eigenvalue weighted by atomic mass is 10.1. The summed E-state index contributed by atoms with van der Waals surface area (Å²) in [6.45, 7) is 4.07. The number of hydrogen-bond donors (Lipinski definition) is 1. The largest absolute Gasteiger partial charge is 0.349 e. The van der Waals surface area contributed by atoms with Gasteiger partial charge in [0.05, 0.1) is 5.69 Å². The summed E-state index contributed by atoms with van der Waals surface area (Å²) in [6.07, 6.45) is 5.69. The van der Waals surface area contributed by atoms with Gasteiger partial charge in [-0.25, -0.2) is 4.98 Å². The molecule has 1 aliphatic carbocycles. The van der Waals surface area contributed by atoms with Crippen molar-refractivity contribution in [1.82, 2.24) is 10.3 Å². The maximum atomic E-state index is 12.4. The van der Waals surface area contributed by atoms with Crippen molar-refractivity contribution in [2.45, 2.75) is 52.0 Å². The molecule has 1 fully saturated rings. The minimum Gasteiger partial charge on any atom is -0.349 e. The highest BCUT2D eigenvalue weighted by Crippen LogP contribution is 2.29. The maximum Gasteiger partial charge on any atom is 0.263 e. The second kappa shape index (κ2) is 6.61. The van der Waals surface area contributed by atoms with Crippen molar-refractivity contribution in [2.24, 2.45) is 0 Å². The molecule has 0 atom stereocenters. The molecule has 4 heteroatoms. The van der Waals surface area contributed by atoms with Gasteiger partial charge in [-0.05, 0) is 31.7 Å². The van der Waals surface area contributed by atoms with Gasteiger partial charge in [-0.1, -0.05) is 44.0 Å². The third kappa shape index (κ3) is 3.22. The summed E-state index contributed by atoms with van der Waals surface area (Å²) in [6, 6.07) is 8.79. The molecule has 1 N–H and O–H groups in total. The molecule has 1 saturated carbocycles. The first-order chi connectivity index (χ1) is 10.7. The van der Waals surface area contributed by atoms with E-state index in [1.165, 1.54) is 29.7 Å². The number of rotatable bonds is 4. The Morgan fingerprint density at radius 3 is 2.59 bits per heavy atom. The van der Waals surface area contributed by atoms with E-state index in [9.17, 15) is 4.79 Å². The van der Waals surface area contributed by atoms with Gasteiger partial charge < -0.3 is 5.32 Å². The van der Waals surface area contributed by atoms with Crippen LogP contribution in [0, 0.1) is 6.92 Å². The molecule has 2 aromatic rings. The van der Waals surface area contributed by atoms with Gasteiger partial charge in [0.25, 0.3) is 5.91 Å². The highest BCUT2D eigenvalue weighted by molar-refractivity contribution is 7.17. The second-order valence-corrected chi connectivity index (χ2v) is 6.94. The fourth-order valence-electron chi connectivity index (χ4n) is 2.93. The number of benzene rings is 1. The average molecular weight is 314 g/mol. The van der Waals surface area contributed by atoms with Crippen LogP contribution in [0.15, 0.2) is 24.3 Å². The quantitative estimate of drug-likeness (QED) is 0.911. The van der Waals surface area contributed by atoms with Crippen LogP contribution in [0.4, 0.5) is 0 Å². The molecule has 0 bridgehead atoms. The van der Waals surface area contributed by atoms with Crippen molar-refractivity contribution >= 4 is 17.2 Å². The molecular formula is C18H22N2OS. The molecular weight excluding hydrogens is 292 g/mol. The molecule has 1 aliphatic rings. The van der Waals surface area contributed by atoms with Gasteiger partial charge in [0, 0.05) is 11.6 Å². The standard InChI is InChI=1S/C18H22N2OS/c1-3-13-8-10-14(11-9-13)18-19-12(2)16(22-18)17(21)20-15-6-4-5-7-15/h8-11,15H,3-7H2,1-2H3,(H,20,21). The van der Waals surface area contributed by atoms with Crippen LogP contribution in [0.2, 0.25) is 0 Å². The zero-order chi connectivity index (χ0) is 15.5. The number of thiazole rings is 1. The molecule has 0 saturated heterocycles. The molecule has 1 amide bonds. The number of aromatic nitrogens is 1. The van der Waals surface area contributed by atoms with Gasteiger partial charge in [-0.3, -0.25) is 4.79 Å². The Morgan fingerprint density at radius 2 is 1.95 bits per heavy atom. The number of nitrogens with zero attached hydrogens (tertiary/aromatic N) is 1. The van der Waals surface area contributed by atoms with E-state index in [0.717, 1.165) is 40.4 Å². The van der Waals surface area contributed by atoms with E-state index in [0.29, 0.717) is 6.04 Å². The fourth-order valence-corrected chi connectivity index (χ4v) is 3.91. The molecule has 116 valence electrons. The number of hydrogen-bond acceptors (Lipinski definition) is 3. The minimum absolute atomic E-state index is 0.0401. The van der Waals surface area contributed by atoms with Crippen LogP contribution in [-0.4, -0.2) is 16.9 Å². The maximum absolute atomic E-state index is 12.4. The van der Waals surface area contributed by atoms with Gasteiger partial charge in [-0.15, -0.1) is 11.3 Å². The normalized spacial score (nSPS) is 15.2. The Labute approximate surface area is 135 Å². The van der Waals surface area contributed by atoms with Gasteiger partial charge in [0.1, 0.15) is 9.88 Å². The van der Waals surface area contributed by atoms with E-state index in [4.69, 9.17) is 0 Å². The Kier molecular flexibility index (Phi) is 4.57. The predicted molar refractivity (Wildman–Crippen MR) is 91.4 cm³/mol. The number of carbonyl (C=O) groups is 1. The van der Waals surface area contributed by atoms with Crippen molar-refractivity contribution in [3.63, 3.8) is 0 Å². The van der Waals surface area contributed by atoms with Crippen molar-refractivity contribution in [3.8, 4) is 10.6 Å². The summed E-state index contributed by atoms with van der Waals surface area (Å²) in [7, 11) is 0. The van der Waals surface area contributed by atoms with Gasteiger partial charge in [-0.2, -0.15) is 0 Å². The van der Waals surface area contributed by atoms with Gasteiger partial charge in [0.2, 0.25) is 0 Å². The Balaban J connectivity index is 1.78. The third-order valence-corrected chi connectivity index (χ3v) is 5.51. The molecule has 0 radical (unpaired) electrons. The van der Waals surface area contributed by atoms with Crippen molar-refractivity contribution < 1.29 is 4.79 Å². The molecule has 1 aromatic carbocycles. The summed E-state index contributed by atoms with van der Waals surface area (Å²) in [5.41, 5.74) is 3.23. The van der Waals surface area contributed by atoms with Crippen LogP contribution in [0.3, 0.4) is 0 Å². The molecule has 0 unspecified atom stereocenters. The zero-order valence-corrected chi connectivity index (χ0v) is 14.0. The summed E-state index contributed by atoms with van der Waals surface area (Å²) in [4.78, 5) is 17.8. The van der Waals surface area contributed by atoms with E-state index >= 15 is 0 Å². The summed E-state index contributed by atoms with van der Waals surface area (Å²) < 4.78 is 0. The molecule has 1 heterocycles. The van der Waals surface area contributed by atoms with E-state index in [1.807, 2.05) is 6.92 Å². The summed E-state index contributed by atoms with van der Waals surface area (Å²) in [5.74, 6) is 0.0401. The first-order valence-electron chi connectivity index (χ1n) is 8.05. The molecule has 0 spiro atoms. The van der Waals surface area contributed by atoms with E-state index in [2.05, 4.69) is 41.5 Å². The monoisotopic (exact) mass is 314 g/mol. The second-order valence-electron chi connectivity index (χ2n) is 5.94. The molecule has 1 aromatic heterocycles. The van der Waals surface area contributed by atoms with Crippen LogP contribution < -0.4 is 5.32 Å². The Bertz CT molecular complexity index is 654. The number of carbonyl (C=O) groups excluding carboxylic acids is 1. The van der Waals surface area contributed by atoms with Gasteiger partial charge in [0.15, 0.2) is 0 Å².